The number of rotatable bonds is 6. The summed E-state index contributed by atoms with van der Waals surface area (Å²) in [5.74, 6) is -0.736. The van der Waals surface area contributed by atoms with E-state index in [9.17, 15) is 22.8 Å². The van der Waals surface area contributed by atoms with E-state index in [1.165, 1.54) is 17.0 Å². The molecule has 26 heavy (non-hydrogen) atoms. The molecule has 2 N–H and O–H groups in total. The van der Waals surface area contributed by atoms with E-state index in [0.29, 0.717) is 16.0 Å². The third kappa shape index (κ3) is 5.26. The van der Waals surface area contributed by atoms with Crippen molar-refractivity contribution >= 4 is 23.6 Å². The van der Waals surface area contributed by atoms with Crippen LogP contribution in [0.4, 0.5) is 13.2 Å². The molecule has 0 radical (unpaired) electrons. The van der Waals surface area contributed by atoms with E-state index in [1.807, 2.05) is 0 Å². The van der Waals surface area contributed by atoms with Gasteiger partial charge in [0.1, 0.15) is 0 Å². The fraction of sp³-hybridized carbons (Fsp3) is 0.222. The summed E-state index contributed by atoms with van der Waals surface area (Å²) >= 11 is 1.16. The highest BCUT2D eigenvalue weighted by Gasteiger charge is 2.30. The quantitative estimate of drug-likeness (QED) is 0.777. The van der Waals surface area contributed by atoms with Crippen molar-refractivity contribution in [2.24, 2.45) is 5.73 Å². The van der Waals surface area contributed by atoms with Crippen LogP contribution in [-0.2, 0) is 17.5 Å². The highest BCUT2D eigenvalue weighted by molar-refractivity contribution is 8.00. The number of carbonyl (C=O) groups excluding carboxylic acids is 2. The molecule has 0 bridgehead atoms. The second-order valence-corrected chi connectivity index (χ2v) is 6.62. The van der Waals surface area contributed by atoms with E-state index < -0.39 is 17.6 Å². The summed E-state index contributed by atoms with van der Waals surface area (Å²) in [6, 6.07) is 11.5. The largest absolute Gasteiger partial charge is 0.416 e. The maximum absolute atomic E-state index is 12.7. The van der Waals surface area contributed by atoms with Crippen LogP contribution in [0.15, 0.2) is 53.4 Å². The van der Waals surface area contributed by atoms with Crippen LogP contribution in [0, 0.1) is 0 Å². The number of benzene rings is 2. The first-order chi connectivity index (χ1) is 12.2. The Morgan fingerprint density at radius 1 is 1.08 bits per heavy atom. The molecule has 4 nitrogen and oxygen atoms in total. The highest BCUT2D eigenvalue weighted by Crippen LogP contribution is 2.29. The Bertz CT molecular complexity index is 792. The first kappa shape index (κ1) is 19.8. The number of primary amides is 1. The minimum atomic E-state index is -4.39. The minimum absolute atomic E-state index is 0.0485. The zero-order valence-electron chi connectivity index (χ0n) is 13.9. The standard InChI is InChI=1S/C18H17F3N2O2S/c1-23(10-12-6-8-13(9-7-12)18(19,20)21)17(25)14-4-2-3-5-15(14)26-11-16(22)24/h2-9H,10-11H2,1H3,(H2,22,24). The summed E-state index contributed by atoms with van der Waals surface area (Å²) in [6.07, 6.45) is -4.39. The molecule has 0 aliphatic rings. The minimum Gasteiger partial charge on any atom is -0.369 e. The van der Waals surface area contributed by atoms with Crippen LogP contribution in [0.1, 0.15) is 21.5 Å². The summed E-state index contributed by atoms with van der Waals surface area (Å²) in [5.41, 5.74) is 5.39. The Morgan fingerprint density at radius 2 is 1.69 bits per heavy atom. The second kappa shape index (κ2) is 8.27. The molecule has 2 amide bonds. The zero-order chi connectivity index (χ0) is 19.3. The Kier molecular flexibility index (Phi) is 6.31. The van der Waals surface area contributed by atoms with E-state index in [-0.39, 0.29) is 18.2 Å². The van der Waals surface area contributed by atoms with Crippen molar-refractivity contribution in [2.45, 2.75) is 17.6 Å². The van der Waals surface area contributed by atoms with E-state index >= 15 is 0 Å². The number of thioether (sulfide) groups is 1. The first-order valence-electron chi connectivity index (χ1n) is 7.60. The topological polar surface area (TPSA) is 63.4 Å². The van der Waals surface area contributed by atoms with Crippen LogP contribution in [-0.4, -0.2) is 29.5 Å². The molecule has 0 saturated heterocycles. The van der Waals surface area contributed by atoms with Gasteiger partial charge in [-0.3, -0.25) is 9.59 Å². The van der Waals surface area contributed by atoms with Crippen molar-refractivity contribution in [1.29, 1.82) is 0 Å². The summed E-state index contributed by atoms with van der Waals surface area (Å²) in [7, 11) is 1.57. The van der Waals surface area contributed by atoms with Crippen LogP contribution in [0.2, 0.25) is 0 Å². The van der Waals surface area contributed by atoms with Gasteiger partial charge in [0.2, 0.25) is 5.91 Å². The molecule has 0 atom stereocenters. The molecule has 0 unspecified atom stereocenters. The maximum Gasteiger partial charge on any atom is 0.416 e. The van der Waals surface area contributed by atoms with Crippen molar-refractivity contribution in [1.82, 2.24) is 4.90 Å². The number of hydrogen-bond donors (Lipinski definition) is 1. The summed E-state index contributed by atoms with van der Waals surface area (Å²) in [5, 5.41) is 0. The summed E-state index contributed by atoms with van der Waals surface area (Å²) in [4.78, 5) is 25.6. The molecular formula is C18H17F3N2O2S. The lowest BCUT2D eigenvalue weighted by Crippen LogP contribution is -2.26. The van der Waals surface area contributed by atoms with Crippen molar-refractivity contribution < 1.29 is 22.8 Å². The van der Waals surface area contributed by atoms with E-state index in [4.69, 9.17) is 5.73 Å². The van der Waals surface area contributed by atoms with Crippen LogP contribution < -0.4 is 5.73 Å². The van der Waals surface area contributed by atoms with Crippen LogP contribution in [0.25, 0.3) is 0 Å². The number of amides is 2. The van der Waals surface area contributed by atoms with Crippen molar-refractivity contribution in [2.75, 3.05) is 12.8 Å². The molecule has 0 spiro atoms. The average Bonchev–Trinajstić information content (AvgIpc) is 2.59. The normalized spacial score (nSPS) is 11.2. The lowest BCUT2D eigenvalue weighted by atomic mass is 10.1. The molecule has 8 heteroatoms. The van der Waals surface area contributed by atoms with Gasteiger partial charge in [-0.15, -0.1) is 11.8 Å². The second-order valence-electron chi connectivity index (χ2n) is 5.61. The van der Waals surface area contributed by atoms with Crippen LogP contribution in [0.3, 0.4) is 0 Å². The Balaban J connectivity index is 2.11. The fourth-order valence-corrected chi connectivity index (χ4v) is 3.05. The summed E-state index contributed by atoms with van der Waals surface area (Å²) < 4.78 is 37.8. The van der Waals surface area contributed by atoms with Gasteiger partial charge in [0.15, 0.2) is 0 Å². The lowest BCUT2D eigenvalue weighted by molar-refractivity contribution is -0.137. The Hall–Kier alpha value is -2.48. The van der Waals surface area contributed by atoms with Crippen molar-refractivity contribution in [3.63, 3.8) is 0 Å². The predicted octanol–water partition coefficient (Wildman–Crippen LogP) is 3.56. The lowest BCUT2D eigenvalue weighted by Gasteiger charge is -2.19. The number of alkyl halides is 3. The Labute approximate surface area is 153 Å². The van der Waals surface area contributed by atoms with Gasteiger partial charge in [-0.05, 0) is 29.8 Å². The van der Waals surface area contributed by atoms with Gasteiger partial charge in [0, 0.05) is 18.5 Å². The SMILES string of the molecule is CN(Cc1ccc(C(F)(F)F)cc1)C(=O)c1ccccc1SCC(N)=O. The molecule has 2 aromatic rings. The molecule has 2 aromatic carbocycles. The van der Waals surface area contributed by atoms with Gasteiger partial charge in [-0.2, -0.15) is 13.2 Å². The molecule has 0 saturated carbocycles. The van der Waals surface area contributed by atoms with E-state index in [0.717, 1.165) is 23.9 Å². The number of hydrogen-bond acceptors (Lipinski definition) is 3. The Morgan fingerprint density at radius 3 is 2.27 bits per heavy atom. The van der Waals surface area contributed by atoms with Gasteiger partial charge < -0.3 is 10.6 Å². The van der Waals surface area contributed by atoms with Gasteiger partial charge >= 0.3 is 6.18 Å². The molecule has 0 aliphatic heterocycles. The van der Waals surface area contributed by atoms with Crippen molar-refractivity contribution in [3.8, 4) is 0 Å². The van der Waals surface area contributed by atoms with Crippen LogP contribution >= 0.6 is 11.8 Å². The molecule has 0 fully saturated rings. The maximum atomic E-state index is 12.7. The smallest absolute Gasteiger partial charge is 0.369 e. The van der Waals surface area contributed by atoms with E-state index in [1.54, 1.807) is 31.3 Å². The van der Waals surface area contributed by atoms with Gasteiger partial charge in [0.25, 0.3) is 5.91 Å². The third-order valence-electron chi connectivity index (χ3n) is 3.54. The molecule has 0 heterocycles. The number of nitrogens with two attached hydrogens (primary N) is 1. The molecular weight excluding hydrogens is 365 g/mol. The third-order valence-corrected chi connectivity index (χ3v) is 4.63. The molecule has 2 rings (SSSR count). The number of halogens is 3. The highest BCUT2D eigenvalue weighted by atomic mass is 32.2. The predicted molar refractivity (Wildman–Crippen MR) is 93.6 cm³/mol. The summed E-state index contributed by atoms with van der Waals surface area (Å²) in [6.45, 7) is 0.159. The molecule has 0 aromatic heterocycles. The van der Waals surface area contributed by atoms with Crippen LogP contribution in [0.5, 0.6) is 0 Å². The number of nitrogens with zero attached hydrogens (tertiary/aromatic N) is 1. The first-order valence-corrected chi connectivity index (χ1v) is 8.59. The van der Waals surface area contributed by atoms with Crippen molar-refractivity contribution in [3.05, 3.63) is 65.2 Å². The zero-order valence-corrected chi connectivity index (χ0v) is 14.7. The van der Waals surface area contributed by atoms with Gasteiger partial charge in [-0.25, -0.2) is 0 Å². The van der Waals surface area contributed by atoms with Gasteiger partial charge in [-0.1, -0.05) is 24.3 Å². The molecule has 138 valence electrons. The fourth-order valence-electron chi connectivity index (χ4n) is 2.27. The number of carbonyl (C=O) groups is 2. The van der Waals surface area contributed by atoms with Gasteiger partial charge in [0.05, 0.1) is 16.9 Å². The monoisotopic (exact) mass is 382 g/mol. The molecule has 0 aliphatic carbocycles. The van der Waals surface area contributed by atoms with E-state index in [2.05, 4.69) is 0 Å². The average molecular weight is 382 g/mol.